The van der Waals surface area contributed by atoms with E-state index in [0.29, 0.717) is 19.0 Å². The summed E-state index contributed by atoms with van der Waals surface area (Å²) in [6.07, 6.45) is 1.56. The van der Waals surface area contributed by atoms with E-state index in [2.05, 4.69) is 20.6 Å². The summed E-state index contributed by atoms with van der Waals surface area (Å²) in [6.45, 7) is 6.79. The zero-order valence-corrected chi connectivity index (χ0v) is 16.5. The van der Waals surface area contributed by atoms with Crippen LogP contribution in [0.1, 0.15) is 23.7 Å². The minimum Gasteiger partial charge on any atom is -0.496 e. The van der Waals surface area contributed by atoms with E-state index in [1.54, 1.807) is 38.6 Å². The largest absolute Gasteiger partial charge is 0.496 e. The molecule has 0 saturated carbocycles. The van der Waals surface area contributed by atoms with Crippen LogP contribution in [0.3, 0.4) is 0 Å². The second-order valence-corrected chi connectivity index (χ2v) is 6.21. The predicted octanol–water partition coefficient (Wildman–Crippen LogP) is 2.98. The number of aromatic nitrogens is 1. The number of aryl methyl sites for hydroxylation is 1. The Kier molecular flexibility index (Phi) is 7.40. The van der Waals surface area contributed by atoms with Gasteiger partial charge in [0.1, 0.15) is 11.9 Å². The number of pyridine rings is 1. The smallest absolute Gasteiger partial charge is 0.191 e. The maximum atomic E-state index is 13.7. The molecule has 0 saturated heterocycles. The van der Waals surface area contributed by atoms with Gasteiger partial charge in [-0.15, -0.1) is 0 Å². The Morgan fingerprint density at radius 2 is 2.00 bits per heavy atom. The predicted molar refractivity (Wildman–Crippen MR) is 105 cm³/mol. The molecule has 1 atom stereocenters. The fourth-order valence-electron chi connectivity index (χ4n) is 2.68. The molecule has 0 amide bonds. The highest BCUT2D eigenvalue weighted by molar-refractivity contribution is 5.79. The number of ether oxygens (including phenoxy) is 2. The third-order valence-corrected chi connectivity index (χ3v) is 4.12. The average Bonchev–Trinajstić information content (AvgIpc) is 2.65. The molecule has 0 aliphatic heterocycles. The van der Waals surface area contributed by atoms with Crippen LogP contribution in [0.2, 0.25) is 0 Å². The summed E-state index contributed by atoms with van der Waals surface area (Å²) in [4.78, 5) is 8.66. The lowest BCUT2D eigenvalue weighted by atomic mass is 10.1. The van der Waals surface area contributed by atoms with E-state index in [0.717, 1.165) is 22.6 Å². The number of aliphatic imine (C=N–C) groups is 1. The van der Waals surface area contributed by atoms with Crippen molar-refractivity contribution in [2.24, 2.45) is 4.99 Å². The summed E-state index contributed by atoms with van der Waals surface area (Å²) in [5.74, 6) is 1.32. The molecule has 2 N–H and O–H groups in total. The number of halogens is 1. The lowest BCUT2D eigenvalue weighted by Crippen LogP contribution is -2.41. The number of hydrogen-bond acceptors (Lipinski definition) is 4. The zero-order valence-electron chi connectivity index (χ0n) is 16.5. The van der Waals surface area contributed by atoms with E-state index in [4.69, 9.17) is 9.47 Å². The molecule has 0 bridgehead atoms. The van der Waals surface area contributed by atoms with Crippen LogP contribution in [-0.4, -0.2) is 37.7 Å². The van der Waals surface area contributed by atoms with E-state index in [1.165, 1.54) is 6.07 Å². The molecule has 6 nitrogen and oxygen atoms in total. The summed E-state index contributed by atoms with van der Waals surface area (Å²) in [7, 11) is 3.34. The molecular formula is C20H27FN4O2. The van der Waals surface area contributed by atoms with Crippen molar-refractivity contribution in [2.45, 2.75) is 33.4 Å². The minimum absolute atomic E-state index is 0.236. The van der Waals surface area contributed by atoms with Crippen molar-refractivity contribution in [3.05, 3.63) is 53.1 Å². The molecule has 0 spiro atoms. The maximum Gasteiger partial charge on any atom is 0.191 e. The van der Waals surface area contributed by atoms with Crippen LogP contribution in [0.15, 0.2) is 35.5 Å². The Morgan fingerprint density at radius 3 is 2.67 bits per heavy atom. The van der Waals surface area contributed by atoms with Gasteiger partial charge in [-0.25, -0.2) is 4.39 Å². The number of nitrogens with one attached hydrogen (secondary N) is 2. The standard InChI is InChI=1S/C20H27FN4O2/c1-13-10-23-17(15(3)19(13)26-5)12-25-20(22-4)24-11-14(2)27-18-9-7-6-8-16(18)21/h6-10,14H,11-12H2,1-5H3,(H2,22,24,25). The van der Waals surface area contributed by atoms with Gasteiger partial charge < -0.3 is 20.1 Å². The van der Waals surface area contributed by atoms with E-state index in [1.807, 2.05) is 20.8 Å². The minimum atomic E-state index is -0.373. The highest BCUT2D eigenvalue weighted by atomic mass is 19.1. The number of nitrogens with zero attached hydrogens (tertiary/aromatic N) is 2. The second kappa shape index (κ2) is 9.75. The van der Waals surface area contributed by atoms with Gasteiger partial charge in [0.15, 0.2) is 17.5 Å². The number of guanidine groups is 1. The first-order chi connectivity index (χ1) is 13.0. The molecule has 0 aliphatic rings. The second-order valence-electron chi connectivity index (χ2n) is 6.21. The van der Waals surface area contributed by atoms with Crippen molar-refractivity contribution in [3.8, 4) is 11.5 Å². The highest BCUT2D eigenvalue weighted by Crippen LogP contribution is 2.23. The van der Waals surface area contributed by atoms with E-state index in [9.17, 15) is 4.39 Å². The Morgan fingerprint density at radius 1 is 1.26 bits per heavy atom. The number of rotatable bonds is 7. The third kappa shape index (κ3) is 5.57. The number of hydrogen-bond donors (Lipinski definition) is 2. The van der Waals surface area contributed by atoms with Crippen LogP contribution >= 0.6 is 0 Å². The molecule has 0 radical (unpaired) electrons. The molecule has 1 unspecified atom stereocenters. The van der Waals surface area contributed by atoms with Crippen molar-refractivity contribution in [2.75, 3.05) is 20.7 Å². The van der Waals surface area contributed by atoms with Crippen LogP contribution in [0, 0.1) is 19.7 Å². The van der Waals surface area contributed by atoms with Crippen LogP contribution in [0.4, 0.5) is 4.39 Å². The summed E-state index contributed by atoms with van der Waals surface area (Å²) < 4.78 is 24.7. The molecule has 1 aromatic carbocycles. The molecule has 1 heterocycles. The quantitative estimate of drug-likeness (QED) is 0.576. The lowest BCUT2D eigenvalue weighted by molar-refractivity contribution is 0.214. The fourth-order valence-corrected chi connectivity index (χ4v) is 2.68. The Labute approximate surface area is 159 Å². The van der Waals surface area contributed by atoms with Gasteiger partial charge >= 0.3 is 0 Å². The Balaban J connectivity index is 1.88. The van der Waals surface area contributed by atoms with Crippen molar-refractivity contribution >= 4 is 5.96 Å². The SMILES string of the molecule is CN=C(NCc1ncc(C)c(OC)c1C)NCC(C)Oc1ccccc1F. The summed E-state index contributed by atoms with van der Waals surface area (Å²) in [6, 6.07) is 6.36. The van der Waals surface area contributed by atoms with E-state index >= 15 is 0 Å². The Hall–Kier alpha value is -2.83. The summed E-state index contributed by atoms with van der Waals surface area (Å²) in [5.41, 5.74) is 2.88. The van der Waals surface area contributed by atoms with Gasteiger partial charge in [-0.05, 0) is 32.9 Å². The van der Waals surface area contributed by atoms with Gasteiger partial charge in [0.2, 0.25) is 0 Å². The third-order valence-electron chi connectivity index (χ3n) is 4.12. The molecule has 2 aromatic rings. The van der Waals surface area contributed by atoms with Crippen LogP contribution < -0.4 is 20.1 Å². The van der Waals surface area contributed by atoms with Gasteiger partial charge in [0.25, 0.3) is 0 Å². The fraction of sp³-hybridized carbons (Fsp3) is 0.400. The maximum absolute atomic E-state index is 13.7. The van der Waals surface area contributed by atoms with Crippen molar-refractivity contribution in [1.29, 1.82) is 0 Å². The molecule has 1 aromatic heterocycles. The van der Waals surface area contributed by atoms with Gasteiger partial charge in [0, 0.05) is 24.4 Å². The monoisotopic (exact) mass is 374 g/mol. The van der Waals surface area contributed by atoms with E-state index in [-0.39, 0.29) is 17.7 Å². The topological polar surface area (TPSA) is 67.8 Å². The first-order valence-electron chi connectivity index (χ1n) is 8.81. The molecule has 0 fully saturated rings. The van der Waals surface area contributed by atoms with Crippen LogP contribution in [-0.2, 0) is 6.54 Å². The first-order valence-corrected chi connectivity index (χ1v) is 8.81. The van der Waals surface area contributed by atoms with Crippen LogP contribution in [0.5, 0.6) is 11.5 Å². The molecule has 146 valence electrons. The lowest BCUT2D eigenvalue weighted by Gasteiger charge is -2.18. The number of methoxy groups -OCH3 is 1. The van der Waals surface area contributed by atoms with Crippen LogP contribution in [0.25, 0.3) is 0 Å². The van der Waals surface area contributed by atoms with Crippen molar-refractivity contribution < 1.29 is 13.9 Å². The van der Waals surface area contributed by atoms with Crippen molar-refractivity contribution in [3.63, 3.8) is 0 Å². The molecule has 2 rings (SSSR count). The molecular weight excluding hydrogens is 347 g/mol. The van der Waals surface area contributed by atoms with Gasteiger partial charge in [-0.3, -0.25) is 9.98 Å². The van der Waals surface area contributed by atoms with Gasteiger partial charge in [0.05, 0.1) is 25.9 Å². The molecule has 0 aliphatic carbocycles. The molecule has 7 heteroatoms. The number of benzene rings is 1. The normalized spacial score (nSPS) is 12.4. The van der Waals surface area contributed by atoms with Gasteiger partial charge in [-0.2, -0.15) is 0 Å². The summed E-state index contributed by atoms with van der Waals surface area (Å²) in [5, 5.41) is 6.39. The zero-order chi connectivity index (χ0) is 19.8. The van der Waals surface area contributed by atoms with Crippen molar-refractivity contribution in [1.82, 2.24) is 15.6 Å². The average molecular weight is 374 g/mol. The van der Waals surface area contributed by atoms with Gasteiger partial charge in [-0.1, -0.05) is 12.1 Å². The number of para-hydroxylation sites is 1. The first kappa shape index (κ1) is 20.5. The summed E-state index contributed by atoms with van der Waals surface area (Å²) >= 11 is 0. The molecule has 27 heavy (non-hydrogen) atoms. The Bertz CT molecular complexity index is 796. The highest BCUT2D eigenvalue weighted by Gasteiger charge is 2.11. The van der Waals surface area contributed by atoms with E-state index < -0.39 is 0 Å².